The lowest BCUT2D eigenvalue weighted by atomic mass is 10.2. The first-order chi connectivity index (χ1) is 12.4. The molecule has 2 heterocycles. The van der Waals surface area contributed by atoms with Crippen molar-refractivity contribution in [3.8, 4) is 5.75 Å². The molecule has 1 aromatic carbocycles. The summed E-state index contributed by atoms with van der Waals surface area (Å²) in [6.07, 6.45) is 3.48. The maximum atomic E-state index is 12.4. The fourth-order valence-corrected chi connectivity index (χ4v) is 2.68. The monoisotopic (exact) mass is 352 g/mol. The molecule has 0 saturated heterocycles. The zero-order chi connectivity index (χ0) is 18.7. The quantitative estimate of drug-likeness (QED) is 0.734. The Hall–Kier alpha value is -2.89. The highest BCUT2D eigenvalue weighted by Gasteiger charge is 2.11. The van der Waals surface area contributed by atoms with Crippen molar-refractivity contribution in [2.24, 2.45) is 0 Å². The molecule has 1 N–H and O–H groups in total. The van der Waals surface area contributed by atoms with E-state index in [0.29, 0.717) is 12.1 Å². The van der Waals surface area contributed by atoms with Gasteiger partial charge in [-0.3, -0.25) is 4.79 Å². The minimum Gasteiger partial charge on any atom is -0.491 e. The van der Waals surface area contributed by atoms with E-state index in [4.69, 9.17) is 4.74 Å². The Labute approximate surface area is 153 Å². The van der Waals surface area contributed by atoms with Gasteiger partial charge in [0.15, 0.2) is 5.65 Å². The van der Waals surface area contributed by atoms with Crippen LogP contribution < -0.4 is 10.1 Å². The van der Waals surface area contributed by atoms with Crippen molar-refractivity contribution >= 4 is 16.9 Å². The molecular formula is C20H24N4O2. The molecule has 1 amide bonds. The molecular weight excluding hydrogens is 328 g/mol. The van der Waals surface area contributed by atoms with Crippen LogP contribution in [0.5, 0.6) is 5.75 Å². The Morgan fingerprint density at radius 1 is 1.15 bits per heavy atom. The lowest BCUT2D eigenvalue weighted by molar-refractivity contribution is 0.0950. The molecule has 6 heteroatoms. The van der Waals surface area contributed by atoms with Gasteiger partial charge in [0.25, 0.3) is 5.91 Å². The Bertz CT molecular complexity index is 898. The van der Waals surface area contributed by atoms with Gasteiger partial charge >= 0.3 is 0 Å². The summed E-state index contributed by atoms with van der Waals surface area (Å²) in [6.45, 7) is 8.52. The Balaban J connectivity index is 1.65. The fraction of sp³-hybridized carbons (Fsp3) is 0.350. The minimum absolute atomic E-state index is 0.142. The van der Waals surface area contributed by atoms with Crippen LogP contribution in [0, 0.1) is 0 Å². The van der Waals surface area contributed by atoms with Gasteiger partial charge in [0.05, 0.1) is 17.9 Å². The number of hydrogen-bond acceptors (Lipinski definition) is 4. The molecule has 26 heavy (non-hydrogen) atoms. The number of rotatable bonds is 6. The number of benzene rings is 1. The normalized spacial score (nSPS) is 11.3. The number of carbonyl (C=O) groups excluding carboxylic acids is 1. The van der Waals surface area contributed by atoms with Crippen molar-refractivity contribution in [3.05, 3.63) is 53.9 Å². The average molecular weight is 352 g/mol. The van der Waals surface area contributed by atoms with Crippen LogP contribution in [0.3, 0.4) is 0 Å². The summed E-state index contributed by atoms with van der Waals surface area (Å²) >= 11 is 0. The van der Waals surface area contributed by atoms with E-state index in [-0.39, 0.29) is 18.1 Å². The largest absolute Gasteiger partial charge is 0.491 e. The molecule has 0 unspecified atom stereocenters. The second-order valence-corrected chi connectivity index (χ2v) is 6.81. The van der Waals surface area contributed by atoms with Crippen molar-refractivity contribution in [2.75, 3.05) is 0 Å². The van der Waals surface area contributed by atoms with E-state index in [1.54, 1.807) is 12.4 Å². The maximum absolute atomic E-state index is 12.4. The summed E-state index contributed by atoms with van der Waals surface area (Å²) in [7, 11) is 0. The zero-order valence-electron chi connectivity index (χ0n) is 15.6. The van der Waals surface area contributed by atoms with Gasteiger partial charge in [0.2, 0.25) is 0 Å². The number of hydrogen-bond donors (Lipinski definition) is 1. The van der Waals surface area contributed by atoms with Gasteiger partial charge < -0.3 is 10.1 Å². The number of aromatic nitrogens is 3. The first kappa shape index (κ1) is 17.9. The molecule has 0 bridgehead atoms. The number of amides is 1. The molecule has 0 aliphatic heterocycles. The Morgan fingerprint density at radius 2 is 1.88 bits per heavy atom. The van der Waals surface area contributed by atoms with E-state index in [9.17, 15) is 4.79 Å². The molecule has 3 rings (SSSR count). The van der Waals surface area contributed by atoms with Crippen molar-refractivity contribution in [1.29, 1.82) is 0 Å². The summed E-state index contributed by atoms with van der Waals surface area (Å²) in [5.41, 5.74) is 2.33. The van der Waals surface area contributed by atoms with Crippen LogP contribution in [0.25, 0.3) is 11.0 Å². The number of fused-ring (bicyclic) bond motifs is 1. The molecule has 0 aliphatic rings. The highest BCUT2D eigenvalue weighted by molar-refractivity contribution is 5.96. The highest BCUT2D eigenvalue weighted by atomic mass is 16.5. The van der Waals surface area contributed by atoms with E-state index >= 15 is 0 Å². The third-order valence-corrected chi connectivity index (χ3v) is 3.93. The number of nitrogens with one attached hydrogen (secondary N) is 1. The molecule has 2 aromatic heterocycles. The van der Waals surface area contributed by atoms with Crippen molar-refractivity contribution in [3.63, 3.8) is 0 Å². The second-order valence-electron chi connectivity index (χ2n) is 6.81. The molecule has 0 saturated carbocycles. The van der Waals surface area contributed by atoms with Crippen LogP contribution in [0.4, 0.5) is 0 Å². The van der Waals surface area contributed by atoms with Crippen molar-refractivity contribution < 1.29 is 9.53 Å². The first-order valence-electron chi connectivity index (χ1n) is 8.81. The molecule has 0 spiro atoms. The molecule has 3 aromatic rings. The topological polar surface area (TPSA) is 69.0 Å². The van der Waals surface area contributed by atoms with Gasteiger partial charge in [-0.25, -0.2) is 9.67 Å². The predicted octanol–water partition coefficient (Wildman–Crippen LogP) is 3.73. The smallest absolute Gasteiger partial charge is 0.253 e. The predicted molar refractivity (Wildman–Crippen MR) is 101 cm³/mol. The van der Waals surface area contributed by atoms with Gasteiger partial charge in [-0.05, 0) is 51.5 Å². The molecule has 0 radical (unpaired) electrons. The summed E-state index contributed by atoms with van der Waals surface area (Å²) in [5.74, 6) is 0.672. The zero-order valence-corrected chi connectivity index (χ0v) is 15.6. The lowest BCUT2D eigenvalue weighted by Crippen LogP contribution is -2.23. The standard InChI is InChI=1S/C20H24N4O2/c1-13(2)24-19-16(12-23-24)9-17(11-21-19)20(25)22-10-15-5-7-18(8-6-15)26-14(3)4/h5-9,11-14H,10H2,1-4H3,(H,22,25). The van der Waals surface area contributed by atoms with Gasteiger partial charge in [0.1, 0.15) is 5.75 Å². The van der Waals surface area contributed by atoms with Crippen molar-refractivity contribution in [2.45, 2.75) is 46.4 Å². The first-order valence-corrected chi connectivity index (χ1v) is 8.81. The van der Waals surface area contributed by atoms with Gasteiger partial charge in [0, 0.05) is 24.2 Å². The summed E-state index contributed by atoms with van der Waals surface area (Å²) in [6, 6.07) is 9.77. The van der Waals surface area contributed by atoms with E-state index < -0.39 is 0 Å². The van der Waals surface area contributed by atoms with E-state index in [1.165, 1.54) is 0 Å². The maximum Gasteiger partial charge on any atom is 0.253 e. The van der Waals surface area contributed by atoms with E-state index in [2.05, 4.69) is 15.4 Å². The summed E-state index contributed by atoms with van der Waals surface area (Å²) in [5, 5.41) is 8.11. The lowest BCUT2D eigenvalue weighted by Gasteiger charge is -2.10. The third kappa shape index (κ3) is 4.02. The number of nitrogens with zero attached hydrogens (tertiary/aromatic N) is 3. The van der Waals surface area contributed by atoms with Crippen LogP contribution in [0.1, 0.15) is 49.7 Å². The van der Waals surface area contributed by atoms with Crippen LogP contribution in [-0.4, -0.2) is 26.8 Å². The number of ether oxygens (including phenoxy) is 1. The molecule has 0 fully saturated rings. The van der Waals surface area contributed by atoms with Crippen LogP contribution in [0.15, 0.2) is 42.7 Å². The average Bonchev–Trinajstić information content (AvgIpc) is 3.03. The van der Waals surface area contributed by atoms with Crippen LogP contribution in [0.2, 0.25) is 0 Å². The Kier molecular flexibility index (Phi) is 5.21. The van der Waals surface area contributed by atoms with E-state index in [0.717, 1.165) is 22.3 Å². The fourth-order valence-electron chi connectivity index (χ4n) is 2.68. The number of pyridine rings is 1. The van der Waals surface area contributed by atoms with Crippen LogP contribution >= 0.6 is 0 Å². The molecule has 0 aliphatic carbocycles. The summed E-state index contributed by atoms with van der Waals surface area (Å²) in [4.78, 5) is 16.8. The molecule has 6 nitrogen and oxygen atoms in total. The van der Waals surface area contributed by atoms with Gasteiger partial charge in [-0.2, -0.15) is 5.10 Å². The van der Waals surface area contributed by atoms with Gasteiger partial charge in [-0.1, -0.05) is 12.1 Å². The van der Waals surface area contributed by atoms with Crippen LogP contribution in [-0.2, 0) is 6.54 Å². The molecule has 136 valence electrons. The molecule has 0 atom stereocenters. The van der Waals surface area contributed by atoms with Gasteiger partial charge in [-0.15, -0.1) is 0 Å². The Morgan fingerprint density at radius 3 is 2.54 bits per heavy atom. The second kappa shape index (κ2) is 7.56. The SMILES string of the molecule is CC(C)Oc1ccc(CNC(=O)c2cnc3c(cnn3C(C)C)c2)cc1. The minimum atomic E-state index is -0.154. The summed E-state index contributed by atoms with van der Waals surface area (Å²) < 4.78 is 7.47. The third-order valence-electron chi connectivity index (χ3n) is 3.93. The van der Waals surface area contributed by atoms with Crippen molar-refractivity contribution in [1.82, 2.24) is 20.1 Å². The number of carbonyl (C=O) groups is 1. The van der Waals surface area contributed by atoms with E-state index in [1.807, 2.05) is 62.7 Å². The highest BCUT2D eigenvalue weighted by Crippen LogP contribution is 2.17.